The Kier molecular flexibility index (Phi) is 5.68. The van der Waals surface area contributed by atoms with Gasteiger partial charge in [0.1, 0.15) is 0 Å². The Labute approximate surface area is 129 Å². The standard InChI is InChI=1S/C15H30N2O3S/c1-3-14-7-9-15(18,10-8-14)12-16-21(19,20)17-11-5-4-6-13(17)2/h13-14,16,18H,3-12H2,1-2H3. The van der Waals surface area contributed by atoms with Crippen LogP contribution in [0.25, 0.3) is 0 Å². The second-order valence-electron chi connectivity index (χ2n) is 6.86. The van der Waals surface area contributed by atoms with Gasteiger partial charge in [0.05, 0.1) is 5.60 Å². The minimum Gasteiger partial charge on any atom is -0.389 e. The number of hydrogen-bond acceptors (Lipinski definition) is 3. The van der Waals surface area contributed by atoms with Gasteiger partial charge in [0.2, 0.25) is 0 Å². The number of aliphatic hydroxyl groups is 1. The molecule has 0 aromatic heterocycles. The smallest absolute Gasteiger partial charge is 0.279 e. The summed E-state index contributed by atoms with van der Waals surface area (Å²) in [5, 5.41) is 10.6. The summed E-state index contributed by atoms with van der Waals surface area (Å²) in [7, 11) is -3.47. The van der Waals surface area contributed by atoms with E-state index in [1.807, 2.05) is 6.92 Å². The maximum absolute atomic E-state index is 12.4. The van der Waals surface area contributed by atoms with E-state index in [1.54, 1.807) is 4.31 Å². The topological polar surface area (TPSA) is 69.6 Å². The molecule has 0 aromatic rings. The van der Waals surface area contributed by atoms with Crippen molar-refractivity contribution < 1.29 is 13.5 Å². The molecular formula is C15H30N2O3S. The summed E-state index contributed by atoms with van der Waals surface area (Å²) in [4.78, 5) is 0. The first-order valence-electron chi connectivity index (χ1n) is 8.35. The average Bonchev–Trinajstić information content (AvgIpc) is 2.47. The van der Waals surface area contributed by atoms with Gasteiger partial charge in [-0.15, -0.1) is 0 Å². The Balaban J connectivity index is 1.89. The van der Waals surface area contributed by atoms with Gasteiger partial charge < -0.3 is 5.11 Å². The highest BCUT2D eigenvalue weighted by Gasteiger charge is 2.36. The molecular weight excluding hydrogens is 288 g/mol. The van der Waals surface area contributed by atoms with E-state index in [4.69, 9.17) is 0 Å². The maximum Gasteiger partial charge on any atom is 0.279 e. The third kappa shape index (κ3) is 4.41. The van der Waals surface area contributed by atoms with E-state index in [1.165, 1.54) is 0 Å². The fourth-order valence-electron chi connectivity index (χ4n) is 3.54. The molecule has 2 aliphatic rings. The van der Waals surface area contributed by atoms with Crippen LogP contribution in [0.4, 0.5) is 0 Å². The van der Waals surface area contributed by atoms with Crippen molar-refractivity contribution >= 4 is 10.2 Å². The van der Waals surface area contributed by atoms with Gasteiger partial charge >= 0.3 is 0 Å². The summed E-state index contributed by atoms with van der Waals surface area (Å²) < 4.78 is 29.0. The lowest BCUT2D eigenvalue weighted by atomic mass is 9.78. The van der Waals surface area contributed by atoms with E-state index in [0.717, 1.165) is 38.5 Å². The fraction of sp³-hybridized carbons (Fsp3) is 1.00. The van der Waals surface area contributed by atoms with Crippen molar-refractivity contribution in [3.8, 4) is 0 Å². The molecule has 1 aliphatic carbocycles. The van der Waals surface area contributed by atoms with Crippen LogP contribution >= 0.6 is 0 Å². The van der Waals surface area contributed by atoms with Crippen LogP contribution in [-0.4, -0.2) is 42.6 Å². The van der Waals surface area contributed by atoms with Gasteiger partial charge in [0.25, 0.3) is 10.2 Å². The highest BCUT2D eigenvalue weighted by Crippen LogP contribution is 2.33. The lowest BCUT2D eigenvalue weighted by Crippen LogP contribution is -2.52. The molecule has 2 fully saturated rings. The molecule has 6 heteroatoms. The summed E-state index contributed by atoms with van der Waals surface area (Å²) in [6.07, 6.45) is 7.47. The SMILES string of the molecule is CCC1CCC(O)(CNS(=O)(=O)N2CCCCC2C)CC1. The van der Waals surface area contributed by atoms with E-state index >= 15 is 0 Å². The Morgan fingerprint density at radius 1 is 1.24 bits per heavy atom. The van der Waals surface area contributed by atoms with Gasteiger partial charge in [-0.1, -0.05) is 19.8 Å². The second kappa shape index (κ2) is 6.94. The second-order valence-corrected chi connectivity index (χ2v) is 8.57. The van der Waals surface area contributed by atoms with Gasteiger partial charge in [0.15, 0.2) is 0 Å². The first-order valence-corrected chi connectivity index (χ1v) is 9.79. The van der Waals surface area contributed by atoms with E-state index in [9.17, 15) is 13.5 Å². The van der Waals surface area contributed by atoms with E-state index < -0.39 is 15.8 Å². The molecule has 1 saturated carbocycles. The molecule has 1 aliphatic heterocycles. The summed E-state index contributed by atoms with van der Waals surface area (Å²) in [6.45, 7) is 4.87. The Bertz CT molecular complexity index is 430. The predicted octanol–water partition coefficient (Wildman–Crippen LogP) is 2.03. The van der Waals surface area contributed by atoms with Crippen LogP contribution in [0.1, 0.15) is 65.2 Å². The molecule has 1 saturated heterocycles. The minimum absolute atomic E-state index is 0.0571. The zero-order chi connectivity index (χ0) is 15.5. The predicted molar refractivity (Wildman–Crippen MR) is 84.1 cm³/mol. The molecule has 1 unspecified atom stereocenters. The van der Waals surface area contributed by atoms with Crippen molar-refractivity contribution in [2.45, 2.75) is 76.9 Å². The minimum atomic E-state index is -3.47. The van der Waals surface area contributed by atoms with Crippen molar-refractivity contribution in [1.82, 2.24) is 9.03 Å². The molecule has 21 heavy (non-hydrogen) atoms. The van der Waals surface area contributed by atoms with Crippen LogP contribution in [0.5, 0.6) is 0 Å². The number of piperidine rings is 1. The zero-order valence-electron chi connectivity index (χ0n) is 13.3. The lowest BCUT2D eigenvalue weighted by Gasteiger charge is -2.37. The van der Waals surface area contributed by atoms with Gasteiger partial charge in [-0.2, -0.15) is 17.4 Å². The van der Waals surface area contributed by atoms with Crippen LogP contribution in [0.15, 0.2) is 0 Å². The molecule has 5 nitrogen and oxygen atoms in total. The summed E-state index contributed by atoms with van der Waals surface area (Å²) in [5.74, 6) is 0.684. The molecule has 2 N–H and O–H groups in total. The summed E-state index contributed by atoms with van der Waals surface area (Å²) >= 11 is 0. The molecule has 2 rings (SSSR count). The molecule has 1 atom stereocenters. The molecule has 0 spiro atoms. The number of rotatable bonds is 5. The average molecular weight is 318 g/mol. The first kappa shape index (κ1) is 17.2. The third-order valence-corrected chi connectivity index (χ3v) is 6.92. The largest absolute Gasteiger partial charge is 0.389 e. The van der Waals surface area contributed by atoms with Crippen LogP contribution in [0.2, 0.25) is 0 Å². The van der Waals surface area contributed by atoms with Crippen LogP contribution in [-0.2, 0) is 10.2 Å². The van der Waals surface area contributed by atoms with Gasteiger partial charge in [-0.05, 0) is 51.4 Å². The zero-order valence-corrected chi connectivity index (χ0v) is 14.2. The Morgan fingerprint density at radius 2 is 1.90 bits per heavy atom. The molecule has 0 radical (unpaired) electrons. The van der Waals surface area contributed by atoms with Gasteiger partial charge in [0, 0.05) is 19.1 Å². The van der Waals surface area contributed by atoms with Crippen molar-refractivity contribution in [3.63, 3.8) is 0 Å². The van der Waals surface area contributed by atoms with Gasteiger partial charge in [-0.25, -0.2) is 0 Å². The number of hydrogen-bond donors (Lipinski definition) is 2. The number of nitrogens with zero attached hydrogens (tertiary/aromatic N) is 1. The molecule has 1 heterocycles. The van der Waals surface area contributed by atoms with Crippen LogP contribution in [0.3, 0.4) is 0 Å². The summed E-state index contributed by atoms with van der Waals surface area (Å²) in [5.41, 5.74) is -0.863. The van der Waals surface area contributed by atoms with Crippen LogP contribution in [0, 0.1) is 5.92 Å². The molecule has 124 valence electrons. The fourth-order valence-corrected chi connectivity index (χ4v) is 5.10. The highest BCUT2D eigenvalue weighted by atomic mass is 32.2. The van der Waals surface area contributed by atoms with Gasteiger partial charge in [-0.3, -0.25) is 0 Å². The van der Waals surface area contributed by atoms with Crippen molar-refractivity contribution in [1.29, 1.82) is 0 Å². The molecule has 0 aromatic carbocycles. The van der Waals surface area contributed by atoms with Crippen molar-refractivity contribution in [2.24, 2.45) is 5.92 Å². The van der Waals surface area contributed by atoms with Crippen molar-refractivity contribution in [2.75, 3.05) is 13.1 Å². The van der Waals surface area contributed by atoms with Crippen molar-refractivity contribution in [3.05, 3.63) is 0 Å². The monoisotopic (exact) mass is 318 g/mol. The quantitative estimate of drug-likeness (QED) is 0.815. The third-order valence-electron chi connectivity index (χ3n) is 5.25. The lowest BCUT2D eigenvalue weighted by molar-refractivity contribution is -0.00481. The van der Waals surface area contributed by atoms with E-state index in [2.05, 4.69) is 11.6 Å². The van der Waals surface area contributed by atoms with E-state index in [-0.39, 0.29) is 12.6 Å². The Hall–Kier alpha value is -0.170. The molecule has 0 bridgehead atoms. The van der Waals surface area contributed by atoms with Crippen LogP contribution < -0.4 is 4.72 Å². The Morgan fingerprint density at radius 3 is 2.48 bits per heavy atom. The number of nitrogens with one attached hydrogen (secondary N) is 1. The summed E-state index contributed by atoms with van der Waals surface area (Å²) in [6, 6.07) is 0.0571. The maximum atomic E-state index is 12.4. The highest BCUT2D eigenvalue weighted by molar-refractivity contribution is 7.87. The first-order chi connectivity index (χ1) is 9.86. The molecule has 0 amide bonds. The van der Waals surface area contributed by atoms with E-state index in [0.29, 0.717) is 25.3 Å². The normalized spacial score (nSPS) is 35.8.